The molecule has 0 atom stereocenters. The van der Waals surface area contributed by atoms with Gasteiger partial charge in [0.15, 0.2) is 11.0 Å². The van der Waals surface area contributed by atoms with Crippen molar-refractivity contribution in [1.29, 1.82) is 0 Å². The van der Waals surface area contributed by atoms with Gasteiger partial charge in [-0.3, -0.25) is 9.36 Å². The number of rotatable bonds is 7. The highest BCUT2D eigenvalue weighted by Crippen LogP contribution is 2.32. The number of thioether (sulfide) groups is 1. The van der Waals surface area contributed by atoms with E-state index in [1.165, 1.54) is 11.8 Å². The van der Waals surface area contributed by atoms with E-state index < -0.39 is 0 Å². The normalized spacial score (nSPS) is 10.5. The van der Waals surface area contributed by atoms with Crippen LogP contribution in [-0.2, 0) is 9.53 Å². The van der Waals surface area contributed by atoms with E-state index in [0.29, 0.717) is 23.3 Å². The number of aromatic nitrogens is 3. The average Bonchev–Trinajstić information content (AvgIpc) is 3.11. The number of nitrogens with zero attached hydrogens (tertiary/aromatic N) is 3. The summed E-state index contributed by atoms with van der Waals surface area (Å²) in [6, 6.07) is 17.4. The lowest BCUT2D eigenvalue weighted by molar-refractivity contribution is -0.139. The van der Waals surface area contributed by atoms with E-state index in [0.717, 1.165) is 11.3 Å². The van der Waals surface area contributed by atoms with Gasteiger partial charge in [-0.25, -0.2) is 0 Å². The summed E-state index contributed by atoms with van der Waals surface area (Å²) in [6.45, 7) is 2.14. The van der Waals surface area contributed by atoms with E-state index in [1.807, 2.05) is 59.2 Å². The summed E-state index contributed by atoms with van der Waals surface area (Å²) in [4.78, 5) is 11.7. The van der Waals surface area contributed by atoms with Crippen molar-refractivity contribution < 1.29 is 14.3 Å². The largest absolute Gasteiger partial charge is 0.495 e. The molecule has 3 aromatic rings. The van der Waals surface area contributed by atoms with Crippen LogP contribution in [0, 0.1) is 0 Å². The molecule has 26 heavy (non-hydrogen) atoms. The minimum Gasteiger partial charge on any atom is -0.495 e. The van der Waals surface area contributed by atoms with Crippen molar-refractivity contribution in [2.75, 3.05) is 19.5 Å². The molecule has 1 heterocycles. The summed E-state index contributed by atoms with van der Waals surface area (Å²) >= 11 is 1.28. The number of benzene rings is 2. The first-order valence-electron chi connectivity index (χ1n) is 8.17. The van der Waals surface area contributed by atoms with E-state index >= 15 is 0 Å². The molecule has 0 aliphatic rings. The maximum atomic E-state index is 11.7. The summed E-state index contributed by atoms with van der Waals surface area (Å²) < 4.78 is 12.4. The first-order valence-corrected chi connectivity index (χ1v) is 9.15. The minimum atomic E-state index is -0.284. The molecule has 0 radical (unpaired) electrons. The van der Waals surface area contributed by atoms with Gasteiger partial charge in [-0.1, -0.05) is 54.2 Å². The fourth-order valence-electron chi connectivity index (χ4n) is 2.50. The maximum absolute atomic E-state index is 11.7. The van der Waals surface area contributed by atoms with E-state index in [9.17, 15) is 4.79 Å². The number of methoxy groups -OCH3 is 1. The molecular weight excluding hydrogens is 350 g/mol. The Morgan fingerprint density at radius 3 is 2.54 bits per heavy atom. The predicted octanol–water partition coefficient (Wildman–Crippen LogP) is 3.60. The third kappa shape index (κ3) is 3.88. The molecule has 3 rings (SSSR count). The average molecular weight is 369 g/mol. The summed E-state index contributed by atoms with van der Waals surface area (Å²) in [5, 5.41) is 9.23. The van der Waals surface area contributed by atoms with Gasteiger partial charge in [0, 0.05) is 5.56 Å². The molecule has 0 bridgehead atoms. The van der Waals surface area contributed by atoms with Crippen LogP contribution < -0.4 is 4.74 Å². The van der Waals surface area contributed by atoms with Crippen molar-refractivity contribution in [2.45, 2.75) is 12.1 Å². The third-order valence-corrected chi connectivity index (χ3v) is 4.52. The monoisotopic (exact) mass is 369 g/mol. The van der Waals surface area contributed by atoms with E-state index in [4.69, 9.17) is 9.47 Å². The van der Waals surface area contributed by atoms with Crippen molar-refractivity contribution in [2.24, 2.45) is 0 Å². The van der Waals surface area contributed by atoms with Gasteiger partial charge >= 0.3 is 5.97 Å². The number of carbonyl (C=O) groups excluding carboxylic acids is 1. The highest BCUT2D eigenvalue weighted by molar-refractivity contribution is 7.99. The molecule has 0 unspecified atom stereocenters. The molecule has 0 aliphatic carbocycles. The van der Waals surface area contributed by atoms with Gasteiger partial charge in [-0.2, -0.15) is 0 Å². The summed E-state index contributed by atoms with van der Waals surface area (Å²) in [7, 11) is 1.62. The lowest BCUT2D eigenvalue weighted by Crippen LogP contribution is -2.08. The third-order valence-electron chi connectivity index (χ3n) is 3.62. The number of esters is 1. The first kappa shape index (κ1) is 18.0. The van der Waals surface area contributed by atoms with Crippen LogP contribution in [0.25, 0.3) is 17.1 Å². The zero-order chi connectivity index (χ0) is 18.4. The van der Waals surface area contributed by atoms with Gasteiger partial charge in [0.05, 0.1) is 25.2 Å². The summed E-state index contributed by atoms with van der Waals surface area (Å²) in [5.74, 6) is 1.26. The number of ether oxygens (including phenoxy) is 2. The van der Waals surface area contributed by atoms with Gasteiger partial charge in [0.1, 0.15) is 5.75 Å². The Kier molecular flexibility index (Phi) is 5.91. The Morgan fingerprint density at radius 2 is 1.81 bits per heavy atom. The molecule has 2 aromatic carbocycles. The van der Waals surface area contributed by atoms with E-state index in [-0.39, 0.29) is 11.7 Å². The van der Waals surface area contributed by atoms with Crippen molar-refractivity contribution in [3.63, 3.8) is 0 Å². The van der Waals surface area contributed by atoms with E-state index in [1.54, 1.807) is 14.0 Å². The highest BCUT2D eigenvalue weighted by Gasteiger charge is 2.19. The summed E-state index contributed by atoms with van der Waals surface area (Å²) in [6.07, 6.45) is 0. The molecule has 6 nitrogen and oxygen atoms in total. The first-order chi connectivity index (χ1) is 12.7. The van der Waals surface area contributed by atoms with Crippen molar-refractivity contribution in [3.05, 3.63) is 54.6 Å². The number of para-hydroxylation sites is 2. The minimum absolute atomic E-state index is 0.163. The second kappa shape index (κ2) is 8.53. The second-order valence-electron chi connectivity index (χ2n) is 5.27. The Balaban J connectivity index is 2.05. The lowest BCUT2D eigenvalue weighted by atomic mass is 10.2. The van der Waals surface area contributed by atoms with Crippen LogP contribution in [0.4, 0.5) is 0 Å². The molecule has 0 fully saturated rings. The molecule has 7 heteroatoms. The molecule has 1 aromatic heterocycles. The Bertz CT molecular complexity index is 881. The lowest BCUT2D eigenvalue weighted by Gasteiger charge is -2.13. The predicted molar refractivity (Wildman–Crippen MR) is 101 cm³/mol. The van der Waals surface area contributed by atoms with Crippen LogP contribution >= 0.6 is 11.8 Å². The molecule has 134 valence electrons. The fraction of sp³-hybridized carbons (Fsp3) is 0.211. The molecule has 0 N–H and O–H groups in total. The fourth-order valence-corrected chi connectivity index (χ4v) is 3.24. The van der Waals surface area contributed by atoms with Crippen molar-refractivity contribution in [1.82, 2.24) is 14.8 Å². The second-order valence-corrected chi connectivity index (χ2v) is 6.22. The van der Waals surface area contributed by atoms with Crippen LogP contribution in [0.15, 0.2) is 59.8 Å². The zero-order valence-electron chi connectivity index (χ0n) is 14.6. The molecule has 0 saturated carbocycles. The maximum Gasteiger partial charge on any atom is 0.316 e. The number of hydrogen-bond donors (Lipinski definition) is 0. The topological polar surface area (TPSA) is 66.2 Å². The smallest absolute Gasteiger partial charge is 0.316 e. The van der Waals surface area contributed by atoms with Gasteiger partial charge in [-0.15, -0.1) is 10.2 Å². The highest BCUT2D eigenvalue weighted by atomic mass is 32.2. The van der Waals surface area contributed by atoms with Gasteiger partial charge < -0.3 is 9.47 Å². The Morgan fingerprint density at radius 1 is 1.08 bits per heavy atom. The molecule has 0 saturated heterocycles. The van der Waals surface area contributed by atoms with Gasteiger partial charge in [0.25, 0.3) is 0 Å². The summed E-state index contributed by atoms with van der Waals surface area (Å²) in [5.41, 5.74) is 1.74. The van der Waals surface area contributed by atoms with Crippen LogP contribution in [0.1, 0.15) is 6.92 Å². The number of hydrogen-bond acceptors (Lipinski definition) is 6. The number of carbonyl (C=O) groups is 1. The van der Waals surface area contributed by atoms with Crippen LogP contribution in [-0.4, -0.2) is 40.2 Å². The van der Waals surface area contributed by atoms with Crippen molar-refractivity contribution in [3.8, 4) is 22.8 Å². The van der Waals surface area contributed by atoms with Gasteiger partial charge in [0.2, 0.25) is 0 Å². The zero-order valence-corrected chi connectivity index (χ0v) is 15.4. The molecule has 0 amide bonds. The van der Waals surface area contributed by atoms with Crippen LogP contribution in [0.2, 0.25) is 0 Å². The van der Waals surface area contributed by atoms with Crippen LogP contribution in [0.3, 0.4) is 0 Å². The quantitative estimate of drug-likeness (QED) is 0.468. The molecule has 0 spiro atoms. The standard InChI is InChI=1S/C19H19N3O3S/c1-3-25-17(23)13-26-19-21-20-18(14-9-5-4-6-10-14)22(19)15-11-7-8-12-16(15)24-2/h4-12H,3,13H2,1-2H3. The SMILES string of the molecule is CCOC(=O)CSc1nnc(-c2ccccc2)n1-c1ccccc1OC. The van der Waals surface area contributed by atoms with E-state index in [2.05, 4.69) is 10.2 Å². The molecule has 0 aliphatic heterocycles. The molecular formula is C19H19N3O3S. The Hall–Kier alpha value is -2.80. The Labute approximate surface area is 156 Å². The van der Waals surface area contributed by atoms with Gasteiger partial charge in [-0.05, 0) is 19.1 Å². The van der Waals surface area contributed by atoms with Crippen LogP contribution in [0.5, 0.6) is 5.75 Å². The van der Waals surface area contributed by atoms with Crippen molar-refractivity contribution >= 4 is 17.7 Å².